The molecule has 0 fully saturated rings. The Hall–Kier alpha value is -2.57. The Kier molecular flexibility index (Phi) is 4.18. The van der Waals surface area contributed by atoms with E-state index in [9.17, 15) is 14.4 Å². The van der Waals surface area contributed by atoms with Crippen molar-refractivity contribution in [3.05, 3.63) is 28.2 Å². The molecule has 0 saturated heterocycles. The number of aromatic nitrogens is 2. The molecule has 3 rings (SSSR count). The number of nitrogens with zero attached hydrogens (tertiary/aromatic N) is 1. The Labute approximate surface area is 133 Å². The molecule has 23 heavy (non-hydrogen) atoms. The molecule has 0 aliphatic carbocycles. The fourth-order valence-electron chi connectivity index (χ4n) is 3.17. The van der Waals surface area contributed by atoms with Crippen molar-refractivity contribution in [2.24, 2.45) is 0 Å². The number of fused-ring (bicyclic) bond motifs is 3. The molecule has 0 spiro atoms. The lowest BCUT2D eigenvalue weighted by atomic mass is 10.0. The van der Waals surface area contributed by atoms with Crippen molar-refractivity contribution in [2.75, 3.05) is 18.9 Å². The van der Waals surface area contributed by atoms with Crippen molar-refractivity contribution >= 4 is 28.9 Å². The van der Waals surface area contributed by atoms with Crippen LogP contribution in [0, 0.1) is 0 Å². The van der Waals surface area contributed by atoms with Crippen LogP contribution in [-0.2, 0) is 16.0 Å². The van der Waals surface area contributed by atoms with Gasteiger partial charge in [0.05, 0.1) is 17.1 Å². The molecule has 1 aliphatic rings. The highest BCUT2D eigenvalue weighted by Crippen LogP contribution is 2.30. The first kappa shape index (κ1) is 15.3. The number of hydrogen-bond donors (Lipinski definition) is 3. The number of aromatic amines is 1. The summed E-state index contributed by atoms with van der Waals surface area (Å²) in [5, 5.41) is 5.86. The Balaban J connectivity index is 2.08. The summed E-state index contributed by atoms with van der Waals surface area (Å²) in [4.78, 5) is 38.2. The first-order valence-electron chi connectivity index (χ1n) is 7.81. The summed E-state index contributed by atoms with van der Waals surface area (Å²) in [5.41, 5.74) is 3.25. The Morgan fingerprint density at radius 1 is 1.48 bits per heavy atom. The molecule has 0 saturated carbocycles. The molecule has 2 heterocycles. The standard InChI is InChI=1S/C16H20N4O3/c1-17-14(22)7-4-10(9-21)20-15-11-3-2-8-18-12(11)5-6-13(15)19-16(20)23/h5-6,9-10,18H,2-4,7-8H2,1H3,(H,17,22)(H,19,23). The molecule has 3 N–H and O–H groups in total. The van der Waals surface area contributed by atoms with Gasteiger partial charge in [-0.05, 0) is 31.4 Å². The minimum Gasteiger partial charge on any atom is -0.385 e. The molecule has 0 radical (unpaired) electrons. The zero-order chi connectivity index (χ0) is 16.4. The topological polar surface area (TPSA) is 96.0 Å². The van der Waals surface area contributed by atoms with E-state index in [0.29, 0.717) is 6.42 Å². The molecule has 2 aromatic rings. The molecule has 1 aromatic carbocycles. The predicted octanol–water partition coefficient (Wildman–Crippen LogP) is 0.954. The Morgan fingerprint density at radius 2 is 2.30 bits per heavy atom. The van der Waals surface area contributed by atoms with Crippen LogP contribution in [0.4, 0.5) is 5.69 Å². The average Bonchev–Trinajstić information content (AvgIpc) is 2.92. The normalized spacial score (nSPS) is 14.8. The number of carbonyl (C=O) groups excluding carboxylic acids is 2. The number of hydrogen-bond acceptors (Lipinski definition) is 4. The van der Waals surface area contributed by atoms with E-state index < -0.39 is 6.04 Å². The van der Waals surface area contributed by atoms with Gasteiger partial charge >= 0.3 is 5.69 Å². The summed E-state index contributed by atoms with van der Waals surface area (Å²) in [6, 6.07) is 3.16. The van der Waals surface area contributed by atoms with E-state index in [2.05, 4.69) is 15.6 Å². The van der Waals surface area contributed by atoms with E-state index in [4.69, 9.17) is 0 Å². The molecule has 7 heteroatoms. The monoisotopic (exact) mass is 316 g/mol. The number of amides is 1. The minimum atomic E-state index is -0.651. The molecule has 1 atom stereocenters. The van der Waals surface area contributed by atoms with Crippen LogP contribution in [0.3, 0.4) is 0 Å². The minimum absolute atomic E-state index is 0.145. The molecule has 7 nitrogen and oxygen atoms in total. The summed E-state index contributed by atoms with van der Waals surface area (Å²) in [6.07, 6.45) is 3.08. The molecule has 1 aliphatic heterocycles. The molecular weight excluding hydrogens is 296 g/mol. The Morgan fingerprint density at radius 3 is 3.04 bits per heavy atom. The zero-order valence-corrected chi connectivity index (χ0v) is 13.0. The van der Waals surface area contributed by atoms with Gasteiger partial charge in [-0.15, -0.1) is 0 Å². The summed E-state index contributed by atoms with van der Waals surface area (Å²) in [7, 11) is 1.55. The summed E-state index contributed by atoms with van der Waals surface area (Å²) < 4.78 is 1.50. The third-order valence-electron chi connectivity index (χ3n) is 4.34. The smallest absolute Gasteiger partial charge is 0.327 e. The van der Waals surface area contributed by atoms with Crippen molar-refractivity contribution < 1.29 is 9.59 Å². The summed E-state index contributed by atoms with van der Waals surface area (Å²) >= 11 is 0. The largest absolute Gasteiger partial charge is 0.385 e. The van der Waals surface area contributed by atoms with Crippen LogP contribution in [0.1, 0.15) is 30.9 Å². The van der Waals surface area contributed by atoms with Gasteiger partial charge in [0.2, 0.25) is 5.91 Å². The number of imidazole rings is 1. The van der Waals surface area contributed by atoms with Crippen LogP contribution >= 0.6 is 0 Å². The highest BCUT2D eigenvalue weighted by atomic mass is 16.2. The third kappa shape index (κ3) is 2.74. The number of carbonyl (C=O) groups is 2. The second-order valence-corrected chi connectivity index (χ2v) is 5.73. The lowest BCUT2D eigenvalue weighted by Gasteiger charge is -2.21. The first-order valence-corrected chi connectivity index (χ1v) is 7.81. The van der Waals surface area contributed by atoms with Crippen LogP contribution in [0.25, 0.3) is 11.0 Å². The fourth-order valence-corrected chi connectivity index (χ4v) is 3.17. The highest BCUT2D eigenvalue weighted by Gasteiger charge is 2.22. The van der Waals surface area contributed by atoms with Gasteiger partial charge in [-0.2, -0.15) is 0 Å². The molecule has 122 valence electrons. The van der Waals surface area contributed by atoms with Crippen molar-refractivity contribution in [3.8, 4) is 0 Å². The van der Waals surface area contributed by atoms with Crippen LogP contribution in [0.2, 0.25) is 0 Å². The SMILES string of the molecule is CNC(=O)CCC(C=O)n1c(=O)[nH]c2ccc3c(c21)CCCN3. The number of H-pyrrole nitrogens is 1. The maximum Gasteiger partial charge on any atom is 0.327 e. The van der Waals surface area contributed by atoms with Crippen LogP contribution in [-0.4, -0.2) is 35.3 Å². The second-order valence-electron chi connectivity index (χ2n) is 5.73. The van der Waals surface area contributed by atoms with Crippen molar-refractivity contribution in [2.45, 2.75) is 31.7 Å². The van der Waals surface area contributed by atoms with Gasteiger partial charge in [0.15, 0.2) is 0 Å². The number of rotatable bonds is 5. The average molecular weight is 316 g/mol. The van der Waals surface area contributed by atoms with Gasteiger partial charge in [-0.25, -0.2) is 4.79 Å². The zero-order valence-electron chi connectivity index (χ0n) is 13.0. The number of aryl methyl sites for hydroxylation is 1. The number of benzene rings is 1. The molecule has 0 bridgehead atoms. The third-order valence-corrected chi connectivity index (χ3v) is 4.34. The van der Waals surface area contributed by atoms with E-state index in [1.54, 1.807) is 7.05 Å². The lowest BCUT2D eigenvalue weighted by Crippen LogP contribution is -2.26. The van der Waals surface area contributed by atoms with Gasteiger partial charge in [0, 0.05) is 31.3 Å². The highest BCUT2D eigenvalue weighted by molar-refractivity contribution is 5.86. The first-order chi connectivity index (χ1) is 11.2. The van der Waals surface area contributed by atoms with Gasteiger partial charge in [-0.1, -0.05) is 0 Å². The lowest BCUT2D eigenvalue weighted by molar-refractivity contribution is -0.121. The summed E-state index contributed by atoms with van der Waals surface area (Å²) in [6.45, 7) is 0.904. The molecule has 1 aromatic heterocycles. The van der Waals surface area contributed by atoms with E-state index >= 15 is 0 Å². The number of nitrogens with one attached hydrogen (secondary N) is 3. The maximum atomic E-state index is 12.4. The van der Waals surface area contributed by atoms with Crippen LogP contribution in [0.5, 0.6) is 0 Å². The number of anilines is 1. The second kappa shape index (κ2) is 6.28. The molecule has 1 amide bonds. The fraction of sp³-hybridized carbons (Fsp3) is 0.438. The van der Waals surface area contributed by atoms with Crippen LogP contribution < -0.4 is 16.3 Å². The maximum absolute atomic E-state index is 12.4. The number of aldehydes is 1. The van der Waals surface area contributed by atoms with E-state index in [1.165, 1.54) is 4.57 Å². The van der Waals surface area contributed by atoms with Gasteiger partial charge in [0.25, 0.3) is 0 Å². The van der Waals surface area contributed by atoms with E-state index in [1.807, 2.05) is 12.1 Å². The van der Waals surface area contributed by atoms with Crippen molar-refractivity contribution in [1.82, 2.24) is 14.9 Å². The van der Waals surface area contributed by atoms with Gasteiger partial charge in [-0.3, -0.25) is 9.36 Å². The molecule has 1 unspecified atom stereocenters. The Bertz CT molecular complexity index is 805. The van der Waals surface area contributed by atoms with E-state index in [-0.39, 0.29) is 18.0 Å². The quantitative estimate of drug-likeness (QED) is 0.716. The van der Waals surface area contributed by atoms with Crippen molar-refractivity contribution in [1.29, 1.82) is 0 Å². The molecular formula is C16H20N4O3. The van der Waals surface area contributed by atoms with Gasteiger partial charge < -0.3 is 20.4 Å². The van der Waals surface area contributed by atoms with Crippen LogP contribution in [0.15, 0.2) is 16.9 Å². The van der Waals surface area contributed by atoms with Gasteiger partial charge in [0.1, 0.15) is 6.29 Å². The predicted molar refractivity (Wildman–Crippen MR) is 87.8 cm³/mol. The van der Waals surface area contributed by atoms with E-state index in [0.717, 1.165) is 48.0 Å². The van der Waals surface area contributed by atoms with Crippen molar-refractivity contribution in [3.63, 3.8) is 0 Å². The summed E-state index contributed by atoms with van der Waals surface area (Å²) in [5.74, 6) is -0.145.